The fraction of sp³-hybridized carbons (Fsp3) is 0.250. The van der Waals surface area contributed by atoms with Gasteiger partial charge in [0.2, 0.25) is 5.78 Å². The number of ketones is 1. The Morgan fingerprint density at radius 1 is 1.47 bits per heavy atom. The summed E-state index contributed by atoms with van der Waals surface area (Å²) in [6.07, 6.45) is 0. The molecule has 0 aliphatic heterocycles. The van der Waals surface area contributed by atoms with Crippen molar-refractivity contribution in [1.29, 1.82) is 0 Å². The number of fused-ring (bicyclic) bond motifs is 1. The molecule has 0 atom stereocenters. The number of ether oxygens (including phenoxy) is 2. The van der Waals surface area contributed by atoms with Gasteiger partial charge in [0.25, 0.3) is 0 Å². The van der Waals surface area contributed by atoms with E-state index in [1.807, 2.05) is 0 Å². The number of benzene rings is 1. The lowest BCUT2D eigenvalue weighted by Gasteiger charge is -2.04. The summed E-state index contributed by atoms with van der Waals surface area (Å²) in [6.45, 7) is 0.159. The number of hydrogen-bond acceptors (Lipinski definition) is 4. The second-order valence-corrected chi connectivity index (χ2v) is 3.95. The van der Waals surface area contributed by atoms with E-state index < -0.39 is 0 Å². The molecule has 0 N–H and O–H groups in total. The molecule has 5 heteroatoms. The molecule has 0 saturated carbocycles. The predicted octanol–water partition coefficient (Wildman–Crippen LogP) is 2.99. The number of hydrogen-bond donors (Lipinski definition) is 0. The largest absolute Gasteiger partial charge is 0.467 e. The van der Waals surface area contributed by atoms with Crippen LogP contribution in [0.15, 0.2) is 28.7 Å². The van der Waals surface area contributed by atoms with Gasteiger partial charge < -0.3 is 13.9 Å². The van der Waals surface area contributed by atoms with Crippen molar-refractivity contribution in [3.8, 4) is 5.75 Å². The topological polar surface area (TPSA) is 48.7 Å². The molecule has 0 radical (unpaired) electrons. The third-order valence-corrected chi connectivity index (χ3v) is 2.76. The van der Waals surface area contributed by atoms with E-state index in [0.29, 0.717) is 17.1 Å². The van der Waals surface area contributed by atoms with Crippen LogP contribution in [0.3, 0.4) is 0 Å². The zero-order valence-electron chi connectivity index (χ0n) is 9.23. The van der Waals surface area contributed by atoms with Gasteiger partial charge in [-0.2, -0.15) is 0 Å². The molecule has 1 heterocycles. The maximum absolute atomic E-state index is 11.5. The number of carbonyl (C=O) groups excluding carboxylic acids is 1. The SMILES string of the molecule is COCOc1cccc2oc(C(=O)CBr)cc12. The number of methoxy groups -OCH3 is 1. The van der Waals surface area contributed by atoms with Crippen molar-refractivity contribution in [2.24, 2.45) is 0 Å². The summed E-state index contributed by atoms with van der Waals surface area (Å²) in [6, 6.07) is 7.09. The first-order valence-electron chi connectivity index (χ1n) is 4.99. The molecular formula is C12H11BrO4. The van der Waals surface area contributed by atoms with E-state index in [9.17, 15) is 4.79 Å². The predicted molar refractivity (Wildman–Crippen MR) is 66.8 cm³/mol. The number of rotatable bonds is 5. The van der Waals surface area contributed by atoms with Crippen LogP contribution in [0, 0.1) is 0 Å². The maximum atomic E-state index is 11.5. The van der Waals surface area contributed by atoms with Gasteiger partial charge in [-0.1, -0.05) is 22.0 Å². The molecule has 1 aromatic heterocycles. The highest BCUT2D eigenvalue weighted by Gasteiger charge is 2.13. The minimum Gasteiger partial charge on any atom is -0.467 e. The van der Waals surface area contributed by atoms with Gasteiger partial charge in [0, 0.05) is 7.11 Å². The van der Waals surface area contributed by atoms with E-state index in [-0.39, 0.29) is 17.9 Å². The van der Waals surface area contributed by atoms with Crippen LogP contribution >= 0.6 is 15.9 Å². The molecule has 0 unspecified atom stereocenters. The van der Waals surface area contributed by atoms with Crippen LogP contribution in [0.2, 0.25) is 0 Å². The molecule has 4 nitrogen and oxygen atoms in total. The van der Waals surface area contributed by atoms with Crippen molar-refractivity contribution in [2.75, 3.05) is 19.2 Å². The number of Topliss-reactive ketones (excluding diaryl/α,β-unsaturated/α-hetero) is 1. The lowest BCUT2D eigenvalue weighted by Crippen LogP contribution is -1.98. The molecule has 0 fully saturated rings. The first-order valence-corrected chi connectivity index (χ1v) is 6.12. The Balaban J connectivity index is 2.41. The first-order chi connectivity index (χ1) is 8.26. The number of alkyl halides is 1. The molecule has 0 spiro atoms. The monoisotopic (exact) mass is 298 g/mol. The van der Waals surface area contributed by atoms with Gasteiger partial charge in [0.15, 0.2) is 12.6 Å². The third kappa shape index (κ3) is 2.50. The normalized spacial score (nSPS) is 10.7. The highest BCUT2D eigenvalue weighted by molar-refractivity contribution is 9.09. The smallest absolute Gasteiger partial charge is 0.208 e. The Labute approximate surface area is 107 Å². The lowest BCUT2D eigenvalue weighted by atomic mass is 10.2. The average molecular weight is 299 g/mol. The van der Waals surface area contributed by atoms with Crippen molar-refractivity contribution < 1.29 is 18.7 Å². The molecule has 2 rings (SSSR count). The fourth-order valence-corrected chi connectivity index (χ4v) is 1.76. The van der Waals surface area contributed by atoms with E-state index >= 15 is 0 Å². The van der Waals surface area contributed by atoms with Gasteiger partial charge in [0.05, 0.1) is 10.7 Å². The molecule has 0 amide bonds. The van der Waals surface area contributed by atoms with Crippen LogP contribution in [-0.4, -0.2) is 25.0 Å². The van der Waals surface area contributed by atoms with Gasteiger partial charge in [-0.05, 0) is 18.2 Å². The van der Waals surface area contributed by atoms with Crippen LogP contribution in [0.1, 0.15) is 10.6 Å². The molecule has 0 saturated heterocycles. The highest BCUT2D eigenvalue weighted by Crippen LogP contribution is 2.29. The average Bonchev–Trinajstić information content (AvgIpc) is 2.79. The van der Waals surface area contributed by atoms with E-state index in [0.717, 1.165) is 5.39 Å². The van der Waals surface area contributed by atoms with E-state index in [2.05, 4.69) is 15.9 Å². The zero-order valence-corrected chi connectivity index (χ0v) is 10.8. The van der Waals surface area contributed by atoms with Gasteiger partial charge in [-0.3, -0.25) is 4.79 Å². The van der Waals surface area contributed by atoms with Crippen molar-refractivity contribution >= 4 is 32.7 Å². The summed E-state index contributed by atoms with van der Waals surface area (Å²) in [5, 5.41) is 1.01. The molecule has 0 bridgehead atoms. The summed E-state index contributed by atoms with van der Waals surface area (Å²) in [5.41, 5.74) is 0.628. The summed E-state index contributed by atoms with van der Waals surface area (Å²) in [4.78, 5) is 11.5. The van der Waals surface area contributed by atoms with Gasteiger partial charge in [-0.15, -0.1) is 0 Å². The van der Waals surface area contributed by atoms with E-state index in [1.54, 1.807) is 31.4 Å². The van der Waals surface area contributed by atoms with Crippen molar-refractivity contribution in [1.82, 2.24) is 0 Å². The standard InChI is InChI=1S/C12H11BrO4/c1-15-7-16-10-3-2-4-11-8(10)5-12(17-11)9(14)6-13/h2-5H,6-7H2,1H3. The van der Waals surface area contributed by atoms with Gasteiger partial charge in [0.1, 0.15) is 11.3 Å². The molecule has 0 aliphatic rings. The van der Waals surface area contributed by atoms with Crippen molar-refractivity contribution in [2.45, 2.75) is 0 Å². The number of halogens is 1. The van der Waals surface area contributed by atoms with E-state index in [1.165, 1.54) is 0 Å². The quantitative estimate of drug-likeness (QED) is 0.484. The summed E-state index contributed by atoms with van der Waals surface area (Å²) in [5.74, 6) is 0.867. The Morgan fingerprint density at radius 2 is 2.29 bits per heavy atom. The third-order valence-electron chi connectivity index (χ3n) is 2.25. The Morgan fingerprint density at radius 3 is 3.00 bits per heavy atom. The van der Waals surface area contributed by atoms with Crippen LogP contribution in [0.25, 0.3) is 11.0 Å². The van der Waals surface area contributed by atoms with Crippen molar-refractivity contribution in [3.63, 3.8) is 0 Å². The zero-order chi connectivity index (χ0) is 12.3. The molecule has 2 aromatic rings. The highest BCUT2D eigenvalue weighted by atomic mass is 79.9. The molecule has 0 aliphatic carbocycles. The Bertz CT molecular complexity index is 532. The number of furan rings is 1. The minimum atomic E-state index is -0.0982. The molecule has 17 heavy (non-hydrogen) atoms. The molecular weight excluding hydrogens is 288 g/mol. The van der Waals surface area contributed by atoms with Gasteiger partial charge in [-0.25, -0.2) is 0 Å². The van der Waals surface area contributed by atoms with Gasteiger partial charge >= 0.3 is 0 Å². The second-order valence-electron chi connectivity index (χ2n) is 3.39. The second kappa shape index (κ2) is 5.33. The molecule has 90 valence electrons. The first kappa shape index (κ1) is 12.1. The Hall–Kier alpha value is -1.33. The summed E-state index contributed by atoms with van der Waals surface area (Å²) >= 11 is 3.11. The van der Waals surface area contributed by atoms with Crippen LogP contribution in [0.4, 0.5) is 0 Å². The summed E-state index contributed by atoms with van der Waals surface area (Å²) in [7, 11) is 1.55. The Kier molecular flexibility index (Phi) is 3.81. The minimum absolute atomic E-state index is 0.0982. The number of carbonyl (C=O) groups is 1. The van der Waals surface area contributed by atoms with Crippen molar-refractivity contribution in [3.05, 3.63) is 30.0 Å². The van der Waals surface area contributed by atoms with Crippen LogP contribution in [0.5, 0.6) is 5.75 Å². The maximum Gasteiger partial charge on any atom is 0.208 e. The van der Waals surface area contributed by atoms with Crippen LogP contribution < -0.4 is 4.74 Å². The van der Waals surface area contributed by atoms with E-state index in [4.69, 9.17) is 13.9 Å². The fourth-order valence-electron chi connectivity index (χ4n) is 1.49. The molecule has 1 aromatic carbocycles. The lowest BCUT2D eigenvalue weighted by molar-refractivity contribution is 0.0522. The summed E-state index contributed by atoms with van der Waals surface area (Å²) < 4.78 is 15.7. The van der Waals surface area contributed by atoms with Crippen LogP contribution in [-0.2, 0) is 4.74 Å².